The summed E-state index contributed by atoms with van der Waals surface area (Å²) in [6.45, 7) is 0. The number of pyridine rings is 1. The molecule has 1 aromatic heterocycles. The van der Waals surface area contributed by atoms with Gasteiger partial charge < -0.3 is 5.32 Å². The third-order valence-corrected chi connectivity index (χ3v) is 6.80. The van der Waals surface area contributed by atoms with Crippen molar-refractivity contribution >= 4 is 52.2 Å². The van der Waals surface area contributed by atoms with Gasteiger partial charge in [-0.2, -0.15) is 0 Å². The Bertz CT molecular complexity index is 1010. The minimum atomic E-state index is 0. The molecule has 0 spiro atoms. The summed E-state index contributed by atoms with van der Waals surface area (Å²) in [5.74, 6) is 0.497. The van der Waals surface area contributed by atoms with Crippen molar-refractivity contribution in [1.82, 2.24) is 15.8 Å². The fourth-order valence-electron chi connectivity index (χ4n) is 4.67. The molecule has 2 fully saturated rings. The minimum absolute atomic E-state index is 0. The number of rotatable bonds is 3. The normalized spacial score (nSPS) is 26.0. The molecule has 4 atom stereocenters. The van der Waals surface area contributed by atoms with Gasteiger partial charge in [0.15, 0.2) is 0 Å². The Morgan fingerprint density at radius 2 is 1.83 bits per heavy atom. The van der Waals surface area contributed by atoms with Crippen molar-refractivity contribution in [2.45, 2.75) is 37.4 Å². The van der Waals surface area contributed by atoms with Gasteiger partial charge in [0.05, 0.1) is 21.6 Å². The summed E-state index contributed by atoms with van der Waals surface area (Å²) < 4.78 is 0. The molecule has 1 saturated heterocycles. The van der Waals surface area contributed by atoms with Gasteiger partial charge in [0.2, 0.25) is 0 Å². The van der Waals surface area contributed by atoms with E-state index in [9.17, 15) is 0 Å². The van der Waals surface area contributed by atoms with Crippen LogP contribution in [0.2, 0.25) is 10.0 Å². The van der Waals surface area contributed by atoms with Gasteiger partial charge in [-0.3, -0.25) is 10.4 Å². The van der Waals surface area contributed by atoms with E-state index in [0.29, 0.717) is 28.0 Å². The summed E-state index contributed by atoms with van der Waals surface area (Å²) >= 11 is 12.4. The van der Waals surface area contributed by atoms with Gasteiger partial charge in [-0.1, -0.05) is 47.5 Å². The fourth-order valence-corrected chi connectivity index (χ4v) is 4.97. The SMILES string of the molecule is Cl.Clc1ccc(C2NNC3CCC(Nc4ccnc5ccccc45)CC32)cc1Cl. The summed E-state index contributed by atoms with van der Waals surface area (Å²) in [5, 5.41) is 6.17. The van der Waals surface area contributed by atoms with Gasteiger partial charge in [-0.05, 0) is 55.0 Å². The van der Waals surface area contributed by atoms with Gasteiger partial charge in [0.1, 0.15) is 0 Å². The fraction of sp³-hybridized carbons (Fsp3) is 0.318. The number of halogens is 3. The number of aromatic nitrogens is 1. The number of benzene rings is 2. The Morgan fingerprint density at radius 3 is 2.69 bits per heavy atom. The molecule has 1 saturated carbocycles. The van der Waals surface area contributed by atoms with E-state index in [0.717, 1.165) is 24.8 Å². The molecule has 3 aromatic rings. The predicted molar refractivity (Wildman–Crippen MR) is 123 cm³/mol. The zero-order valence-electron chi connectivity index (χ0n) is 15.7. The van der Waals surface area contributed by atoms with E-state index in [2.05, 4.69) is 51.5 Å². The van der Waals surface area contributed by atoms with E-state index in [1.54, 1.807) is 0 Å². The van der Waals surface area contributed by atoms with E-state index in [-0.39, 0.29) is 18.4 Å². The lowest BCUT2D eigenvalue weighted by Crippen LogP contribution is -2.39. The molecule has 1 aliphatic carbocycles. The van der Waals surface area contributed by atoms with E-state index < -0.39 is 0 Å². The molecule has 3 N–H and O–H groups in total. The first-order chi connectivity index (χ1) is 13.7. The number of nitrogens with one attached hydrogen (secondary N) is 3. The molecule has 5 rings (SSSR count). The van der Waals surface area contributed by atoms with Crippen molar-refractivity contribution in [1.29, 1.82) is 0 Å². The van der Waals surface area contributed by atoms with Crippen molar-refractivity contribution in [3.05, 3.63) is 70.3 Å². The van der Waals surface area contributed by atoms with Crippen molar-refractivity contribution in [3.8, 4) is 0 Å². The van der Waals surface area contributed by atoms with Crippen LogP contribution in [0.4, 0.5) is 5.69 Å². The van der Waals surface area contributed by atoms with Crippen LogP contribution in [0.5, 0.6) is 0 Å². The first-order valence-corrected chi connectivity index (χ1v) is 10.5. The average molecular weight is 450 g/mol. The topological polar surface area (TPSA) is 49.0 Å². The molecule has 0 amide bonds. The summed E-state index contributed by atoms with van der Waals surface area (Å²) in [7, 11) is 0. The number of para-hydroxylation sites is 1. The lowest BCUT2D eigenvalue weighted by atomic mass is 9.77. The molecule has 1 aliphatic heterocycles. The Hall–Kier alpha value is -1.56. The molecule has 29 heavy (non-hydrogen) atoms. The van der Waals surface area contributed by atoms with Crippen molar-refractivity contribution in [3.63, 3.8) is 0 Å². The molecular formula is C22H23Cl3N4. The van der Waals surface area contributed by atoms with Crippen LogP contribution >= 0.6 is 35.6 Å². The number of nitrogens with zero attached hydrogens (tertiary/aromatic N) is 1. The highest BCUT2D eigenvalue weighted by molar-refractivity contribution is 6.42. The molecule has 7 heteroatoms. The van der Waals surface area contributed by atoms with Crippen LogP contribution in [0.1, 0.15) is 30.9 Å². The molecular weight excluding hydrogens is 427 g/mol. The van der Waals surface area contributed by atoms with Gasteiger partial charge in [0, 0.05) is 29.4 Å². The van der Waals surface area contributed by atoms with E-state index in [1.807, 2.05) is 24.4 Å². The van der Waals surface area contributed by atoms with Gasteiger partial charge in [0.25, 0.3) is 0 Å². The van der Waals surface area contributed by atoms with Gasteiger partial charge >= 0.3 is 0 Å². The molecule has 2 heterocycles. The molecule has 0 radical (unpaired) electrons. The maximum atomic E-state index is 6.26. The second-order valence-corrected chi connectivity index (χ2v) is 8.55. The van der Waals surface area contributed by atoms with E-state index in [1.165, 1.54) is 16.6 Å². The first-order valence-electron chi connectivity index (χ1n) is 9.75. The predicted octanol–water partition coefficient (Wildman–Crippen LogP) is 5.76. The molecule has 2 aliphatic rings. The molecule has 4 nitrogen and oxygen atoms in total. The average Bonchev–Trinajstić information content (AvgIpc) is 3.14. The van der Waals surface area contributed by atoms with Crippen LogP contribution < -0.4 is 16.2 Å². The van der Waals surface area contributed by atoms with Gasteiger partial charge in [-0.15, -0.1) is 12.4 Å². The Kier molecular flexibility index (Phi) is 6.19. The molecule has 0 bridgehead atoms. The second-order valence-electron chi connectivity index (χ2n) is 7.74. The largest absolute Gasteiger partial charge is 0.382 e. The van der Waals surface area contributed by atoms with Crippen molar-refractivity contribution in [2.75, 3.05) is 5.32 Å². The van der Waals surface area contributed by atoms with Crippen LogP contribution in [0, 0.1) is 5.92 Å². The Labute approximate surface area is 186 Å². The third kappa shape index (κ3) is 4.05. The summed E-state index contributed by atoms with van der Waals surface area (Å²) in [5.41, 5.74) is 10.4. The number of hydrazine groups is 1. The zero-order valence-corrected chi connectivity index (χ0v) is 18.1. The zero-order chi connectivity index (χ0) is 19.1. The highest BCUT2D eigenvalue weighted by atomic mass is 35.5. The van der Waals surface area contributed by atoms with Crippen LogP contribution in [-0.2, 0) is 0 Å². The van der Waals surface area contributed by atoms with Crippen LogP contribution in [0.25, 0.3) is 10.9 Å². The number of hydrogen-bond donors (Lipinski definition) is 3. The Morgan fingerprint density at radius 1 is 0.966 bits per heavy atom. The first kappa shape index (κ1) is 20.7. The van der Waals surface area contributed by atoms with E-state index >= 15 is 0 Å². The highest BCUT2D eigenvalue weighted by Gasteiger charge is 2.41. The number of hydrogen-bond acceptors (Lipinski definition) is 4. The quantitative estimate of drug-likeness (QED) is 0.475. The maximum Gasteiger partial charge on any atom is 0.0722 e. The standard InChI is InChI=1S/C22H22Cl2N4.ClH/c23-17-7-5-13(11-18(17)24)22-16-12-14(6-8-21(16)27-28-22)26-20-9-10-25-19-4-2-1-3-15(19)20;/h1-5,7,9-11,14,16,21-22,27-28H,6,8,12H2,(H,25,26);1H. The van der Waals surface area contributed by atoms with Crippen molar-refractivity contribution < 1.29 is 0 Å². The summed E-state index contributed by atoms with van der Waals surface area (Å²) in [6, 6.07) is 17.5. The van der Waals surface area contributed by atoms with Gasteiger partial charge in [-0.25, -0.2) is 5.43 Å². The smallest absolute Gasteiger partial charge is 0.0722 e. The number of fused-ring (bicyclic) bond motifs is 2. The molecule has 152 valence electrons. The van der Waals surface area contributed by atoms with Crippen LogP contribution in [-0.4, -0.2) is 17.1 Å². The lowest BCUT2D eigenvalue weighted by molar-refractivity contribution is 0.289. The minimum Gasteiger partial charge on any atom is -0.382 e. The molecule has 4 unspecified atom stereocenters. The van der Waals surface area contributed by atoms with Crippen molar-refractivity contribution in [2.24, 2.45) is 5.92 Å². The molecule has 2 aromatic carbocycles. The lowest BCUT2D eigenvalue weighted by Gasteiger charge is -2.34. The third-order valence-electron chi connectivity index (χ3n) is 6.06. The maximum absolute atomic E-state index is 6.26. The Balaban J connectivity index is 0.00000205. The van der Waals surface area contributed by atoms with Crippen LogP contribution in [0.3, 0.4) is 0 Å². The highest BCUT2D eigenvalue weighted by Crippen LogP contribution is 2.40. The summed E-state index contributed by atoms with van der Waals surface area (Å²) in [6.07, 6.45) is 5.25. The second kappa shape index (κ2) is 8.66. The monoisotopic (exact) mass is 448 g/mol. The van der Waals surface area contributed by atoms with Crippen LogP contribution in [0.15, 0.2) is 54.7 Å². The summed E-state index contributed by atoms with van der Waals surface area (Å²) in [4.78, 5) is 4.47. The number of anilines is 1. The van der Waals surface area contributed by atoms with E-state index in [4.69, 9.17) is 23.2 Å².